The van der Waals surface area contributed by atoms with E-state index in [1.54, 1.807) is 11.3 Å². The maximum atomic E-state index is 6.23. The van der Waals surface area contributed by atoms with Gasteiger partial charge < -0.3 is 10.1 Å². The second kappa shape index (κ2) is 5.76. The van der Waals surface area contributed by atoms with Crippen molar-refractivity contribution < 1.29 is 4.74 Å². The minimum Gasteiger partial charge on any atom is -0.493 e. The monoisotopic (exact) mass is 307 g/mol. The molecule has 1 N–H and O–H groups in total. The standard InChI is InChI=1S/C16H18ClNOS/c1-3-18-15(14-8-10(2)16(17)20-14)12-4-5-13-11(9-12)6-7-19-13/h4-5,8-9,15,18H,3,6-7H2,1-2H3. The van der Waals surface area contributed by atoms with Crippen LogP contribution in [-0.2, 0) is 6.42 Å². The van der Waals surface area contributed by atoms with Gasteiger partial charge in [-0.1, -0.05) is 30.7 Å². The lowest BCUT2D eigenvalue weighted by atomic mass is 10.0. The largest absolute Gasteiger partial charge is 0.493 e. The number of thiophene rings is 1. The van der Waals surface area contributed by atoms with Crippen LogP contribution in [0.3, 0.4) is 0 Å². The van der Waals surface area contributed by atoms with Gasteiger partial charge in [-0.05, 0) is 42.3 Å². The average Bonchev–Trinajstić information content (AvgIpc) is 3.02. The molecule has 2 nitrogen and oxygen atoms in total. The lowest BCUT2D eigenvalue weighted by molar-refractivity contribution is 0.357. The molecule has 0 amide bonds. The summed E-state index contributed by atoms with van der Waals surface area (Å²) < 4.78 is 6.47. The first kappa shape index (κ1) is 13.9. The van der Waals surface area contributed by atoms with Crippen molar-refractivity contribution >= 4 is 22.9 Å². The molecule has 1 atom stereocenters. The Morgan fingerprint density at radius 3 is 2.95 bits per heavy atom. The van der Waals surface area contributed by atoms with Gasteiger partial charge in [0.25, 0.3) is 0 Å². The van der Waals surface area contributed by atoms with Crippen molar-refractivity contribution in [2.45, 2.75) is 26.3 Å². The van der Waals surface area contributed by atoms with Crippen LogP contribution in [0.1, 0.15) is 34.5 Å². The summed E-state index contributed by atoms with van der Waals surface area (Å²) in [5, 5.41) is 3.56. The molecule has 0 fully saturated rings. The first-order valence-corrected chi connectivity index (χ1v) is 8.13. The number of benzene rings is 1. The molecule has 0 radical (unpaired) electrons. The van der Waals surface area contributed by atoms with Gasteiger partial charge in [-0.3, -0.25) is 0 Å². The van der Waals surface area contributed by atoms with E-state index in [1.807, 2.05) is 0 Å². The van der Waals surface area contributed by atoms with Crippen LogP contribution < -0.4 is 10.1 Å². The van der Waals surface area contributed by atoms with Gasteiger partial charge in [-0.15, -0.1) is 11.3 Å². The molecule has 4 heteroatoms. The minimum atomic E-state index is 0.210. The summed E-state index contributed by atoms with van der Waals surface area (Å²) in [6.45, 7) is 5.91. The van der Waals surface area contributed by atoms with Crippen LogP contribution in [0.5, 0.6) is 5.75 Å². The number of halogens is 1. The Bertz CT molecular complexity index is 603. The predicted octanol–water partition coefficient (Wildman–Crippen LogP) is 4.34. The molecule has 0 saturated carbocycles. The maximum Gasteiger partial charge on any atom is 0.122 e. The number of fused-ring (bicyclic) bond motifs is 1. The Morgan fingerprint density at radius 1 is 1.40 bits per heavy atom. The summed E-state index contributed by atoms with van der Waals surface area (Å²) >= 11 is 7.89. The van der Waals surface area contributed by atoms with E-state index in [-0.39, 0.29) is 6.04 Å². The lowest BCUT2D eigenvalue weighted by Crippen LogP contribution is -2.21. The van der Waals surface area contributed by atoms with Crippen molar-refractivity contribution in [3.8, 4) is 5.75 Å². The molecule has 0 aliphatic carbocycles. The Balaban J connectivity index is 1.98. The fourth-order valence-corrected chi connectivity index (χ4v) is 3.92. The fraction of sp³-hybridized carbons (Fsp3) is 0.375. The molecule has 3 rings (SSSR count). The van der Waals surface area contributed by atoms with Crippen LogP contribution in [0.4, 0.5) is 0 Å². The van der Waals surface area contributed by atoms with Crippen molar-refractivity contribution in [2.75, 3.05) is 13.2 Å². The maximum absolute atomic E-state index is 6.23. The molecule has 1 aromatic carbocycles. The van der Waals surface area contributed by atoms with Gasteiger partial charge >= 0.3 is 0 Å². The molecule has 20 heavy (non-hydrogen) atoms. The van der Waals surface area contributed by atoms with Crippen LogP contribution in [-0.4, -0.2) is 13.2 Å². The third-order valence-electron chi connectivity index (χ3n) is 3.62. The van der Waals surface area contributed by atoms with Crippen LogP contribution in [0.25, 0.3) is 0 Å². The van der Waals surface area contributed by atoms with Gasteiger partial charge in [0.1, 0.15) is 5.75 Å². The summed E-state index contributed by atoms with van der Waals surface area (Å²) in [6, 6.07) is 8.90. The van der Waals surface area contributed by atoms with E-state index in [0.717, 1.165) is 35.2 Å². The first-order chi connectivity index (χ1) is 9.69. The fourth-order valence-electron chi connectivity index (χ4n) is 2.60. The molecule has 106 valence electrons. The highest BCUT2D eigenvalue weighted by atomic mass is 35.5. The summed E-state index contributed by atoms with van der Waals surface area (Å²) in [5.74, 6) is 1.03. The Morgan fingerprint density at radius 2 is 2.25 bits per heavy atom. The molecule has 0 saturated heterocycles. The Labute approximate surface area is 128 Å². The highest BCUT2D eigenvalue weighted by Crippen LogP contribution is 2.36. The molecule has 0 spiro atoms. The third-order valence-corrected chi connectivity index (χ3v) is 5.24. The summed E-state index contributed by atoms with van der Waals surface area (Å²) in [6.07, 6.45) is 1.01. The van der Waals surface area contributed by atoms with E-state index in [2.05, 4.69) is 43.4 Å². The molecular weight excluding hydrogens is 290 g/mol. The number of ether oxygens (including phenoxy) is 1. The van der Waals surface area contributed by atoms with Gasteiger partial charge in [0.05, 0.1) is 17.0 Å². The van der Waals surface area contributed by atoms with Crippen molar-refractivity contribution in [1.29, 1.82) is 0 Å². The second-order valence-electron chi connectivity index (χ2n) is 5.06. The van der Waals surface area contributed by atoms with E-state index in [4.69, 9.17) is 16.3 Å². The minimum absolute atomic E-state index is 0.210. The van der Waals surface area contributed by atoms with Crippen LogP contribution in [0.15, 0.2) is 24.3 Å². The topological polar surface area (TPSA) is 21.3 Å². The normalized spacial score (nSPS) is 14.9. The van der Waals surface area contributed by atoms with Gasteiger partial charge in [0.2, 0.25) is 0 Å². The van der Waals surface area contributed by atoms with Crippen LogP contribution >= 0.6 is 22.9 Å². The number of nitrogens with one attached hydrogen (secondary N) is 1. The SMILES string of the molecule is CCNC(c1ccc2c(c1)CCO2)c1cc(C)c(Cl)s1. The van der Waals surface area contributed by atoms with Crippen LogP contribution in [0, 0.1) is 6.92 Å². The highest BCUT2D eigenvalue weighted by molar-refractivity contribution is 7.16. The Kier molecular flexibility index (Phi) is 4.01. The highest BCUT2D eigenvalue weighted by Gasteiger charge is 2.20. The molecule has 1 unspecified atom stereocenters. The average molecular weight is 308 g/mol. The van der Waals surface area contributed by atoms with Crippen molar-refractivity contribution in [1.82, 2.24) is 5.32 Å². The van der Waals surface area contributed by atoms with Crippen molar-refractivity contribution in [3.63, 3.8) is 0 Å². The molecule has 1 aromatic heterocycles. The zero-order valence-electron chi connectivity index (χ0n) is 11.7. The zero-order valence-corrected chi connectivity index (χ0v) is 13.3. The van der Waals surface area contributed by atoms with Gasteiger partial charge in [-0.25, -0.2) is 0 Å². The summed E-state index contributed by atoms with van der Waals surface area (Å²) in [4.78, 5) is 1.27. The summed E-state index contributed by atoms with van der Waals surface area (Å²) in [7, 11) is 0. The predicted molar refractivity (Wildman–Crippen MR) is 85.2 cm³/mol. The van der Waals surface area contributed by atoms with Gasteiger partial charge in [-0.2, -0.15) is 0 Å². The van der Waals surface area contributed by atoms with E-state index in [0.29, 0.717) is 0 Å². The number of aryl methyl sites for hydroxylation is 1. The number of hydrogen-bond acceptors (Lipinski definition) is 3. The van der Waals surface area contributed by atoms with Crippen molar-refractivity contribution in [2.24, 2.45) is 0 Å². The van der Waals surface area contributed by atoms with Gasteiger partial charge in [0, 0.05) is 11.3 Å². The van der Waals surface area contributed by atoms with E-state index >= 15 is 0 Å². The third kappa shape index (κ3) is 2.58. The molecule has 2 aromatic rings. The number of rotatable bonds is 4. The zero-order chi connectivity index (χ0) is 14.1. The molecular formula is C16H18ClNOS. The molecule has 1 aliphatic rings. The number of hydrogen-bond donors (Lipinski definition) is 1. The van der Waals surface area contributed by atoms with E-state index in [9.17, 15) is 0 Å². The van der Waals surface area contributed by atoms with E-state index in [1.165, 1.54) is 16.0 Å². The molecule has 1 aliphatic heterocycles. The van der Waals surface area contributed by atoms with Crippen molar-refractivity contribution in [3.05, 3.63) is 50.2 Å². The smallest absolute Gasteiger partial charge is 0.122 e. The Hall–Kier alpha value is -1.03. The summed E-state index contributed by atoms with van der Waals surface area (Å²) in [5.41, 5.74) is 3.75. The molecule has 0 bridgehead atoms. The van der Waals surface area contributed by atoms with Crippen LogP contribution in [0.2, 0.25) is 4.34 Å². The first-order valence-electron chi connectivity index (χ1n) is 6.94. The van der Waals surface area contributed by atoms with Gasteiger partial charge in [0.15, 0.2) is 0 Å². The molecule has 2 heterocycles. The second-order valence-corrected chi connectivity index (χ2v) is 6.75. The lowest BCUT2D eigenvalue weighted by Gasteiger charge is -2.17. The quantitative estimate of drug-likeness (QED) is 0.907. The van der Waals surface area contributed by atoms with E-state index < -0.39 is 0 Å².